The first-order chi connectivity index (χ1) is 27.2. The van der Waals surface area contributed by atoms with E-state index in [0.29, 0.717) is 18.9 Å². The average Bonchev–Trinajstić information content (AvgIpc) is 3.80. The summed E-state index contributed by atoms with van der Waals surface area (Å²) in [6, 6.07) is 14.3. The van der Waals surface area contributed by atoms with Gasteiger partial charge in [0.1, 0.15) is 35.1 Å². The number of amides is 4. The van der Waals surface area contributed by atoms with Crippen LogP contribution in [0.4, 0.5) is 9.59 Å². The first kappa shape index (κ1) is 35.6. The third-order valence-electron chi connectivity index (χ3n) is 11.7. The molecule has 2 aromatic carbocycles. The number of nitrogens with zero attached hydrogens (tertiary/aromatic N) is 4. The second-order valence-corrected chi connectivity index (χ2v) is 15.4. The maximum Gasteiger partial charge on any atom is 0.407 e. The van der Waals surface area contributed by atoms with Crippen molar-refractivity contribution in [2.24, 2.45) is 11.8 Å². The van der Waals surface area contributed by atoms with Gasteiger partial charge in [0.15, 0.2) is 0 Å². The maximum absolute atomic E-state index is 13.6. The van der Waals surface area contributed by atoms with E-state index in [9.17, 15) is 24.3 Å². The normalized spacial score (nSPS) is 20.6. The number of aromatic amines is 2. The Bertz CT molecular complexity index is 2290. The molecule has 2 saturated carbocycles. The van der Waals surface area contributed by atoms with Crippen molar-refractivity contribution in [3.05, 3.63) is 72.6 Å². The summed E-state index contributed by atoms with van der Waals surface area (Å²) in [6.45, 7) is 1.18. The molecule has 3 aromatic heterocycles. The minimum atomic E-state index is -1.18. The summed E-state index contributed by atoms with van der Waals surface area (Å²) in [4.78, 5) is 70.2. The van der Waals surface area contributed by atoms with E-state index in [1.165, 1.54) is 7.11 Å². The molecule has 4 amide bonds. The highest BCUT2D eigenvalue weighted by atomic mass is 16.5. The molecule has 2 aliphatic carbocycles. The van der Waals surface area contributed by atoms with Gasteiger partial charge in [-0.1, -0.05) is 24.3 Å². The summed E-state index contributed by atoms with van der Waals surface area (Å²) in [5.41, 5.74) is 5.20. The van der Waals surface area contributed by atoms with Crippen molar-refractivity contribution in [2.75, 3.05) is 20.2 Å². The van der Waals surface area contributed by atoms with E-state index in [1.54, 1.807) is 17.3 Å². The highest BCUT2D eigenvalue weighted by molar-refractivity contribution is 5.89. The fourth-order valence-electron chi connectivity index (χ4n) is 8.40. The highest BCUT2D eigenvalue weighted by Gasteiger charge is 2.44. The van der Waals surface area contributed by atoms with E-state index in [4.69, 9.17) is 14.1 Å². The number of nitrogens with one attached hydrogen (secondary N) is 4. The Morgan fingerprint density at radius 3 is 1.84 bits per heavy atom. The van der Waals surface area contributed by atoms with Crippen molar-refractivity contribution in [1.29, 1.82) is 0 Å². The number of methoxy groups -OCH3 is 1. The fourth-order valence-corrected chi connectivity index (χ4v) is 8.40. The van der Waals surface area contributed by atoms with Crippen molar-refractivity contribution in [1.82, 2.24) is 40.4 Å². The third kappa shape index (κ3) is 6.97. The number of rotatable bonds is 11. The summed E-state index contributed by atoms with van der Waals surface area (Å²) in [5.74, 6) is 2.07. The van der Waals surface area contributed by atoms with Crippen molar-refractivity contribution >= 4 is 35.0 Å². The topological polar surface area (TPSA) is 199 Å². The zero-order valence-electron chi connectivity index (χ0n) is 31.0. The van der Waals surface area contributed by atoms with E-state index in [0.717, 1.165) is 102 Å². The number of carbonyl (C=O) groups excluding carboxylic acids is 3. The first-order valence-corrected chi connectivity index (χ1v) is 19.4. The Morgan fingerprint density at radius 2 is 1.29 bits per heavy atom. The van der Waals surface area contributed by atoms with Gasteiger partial charge in [-0.05, 0) is 93.0 Å². The number of ether oxygens (including phenoxy) is 1. The summed E-state index contributed by atoms with van der Waals surface area (Å²) < 4.78 is 11.0. The summed E-state index contributed by atoms with van der Waals surface area (Å²) in [5, 5.41) is 15.5. The maximum atomic E-state index is 13.6. The third-order valence-corrected chi connectivity index (χ3v) is 11.7. The van der Waals surface area contributed by atoms with Crippen molar-refractivity contribution in [3.63, 3.8) is 0 Å². The van der Waals surface area contributed by atoms with Gasteiger partial charge in [0.25, 0.3) is 0 Å². The monoisotopic (exact) mass is 760 g/mol. The van der Waals surface area contributed by atoms with Gasteiger partial charge in [0.2, 0.25) is 11.8 Å². The van der Waals surface area contributed by atoms with E-state index < -0.39 is 24.3 Å². The minimum Gasteiger partial charge on any atom is -0.465 e. The van der Waals surface area contributed by atoms with Gasteiger partial charge in [0, 0.05) is 29.6 Å². The molecule has 15 nitrogen and oxygen atoms in total. The predicted octanol–water partition coefficient (Wildman–Crippen LogP) is 6.39. The molecule has 4 aliphatic rings. The number of H-pyrrole nitrogens is 2. The van der Waals surface area contributed by atoms with Gasteiger partial charge >= 0.3 is 12.2 Å². The number of alkyl carbamates (subject to hydrolysis) is 1. The van der Waals surface area contributed by atoms with Crippen LogP contribution >= 0.6 is 0 Å². The van der Waals surface area contributed by atoms with Crippen LogP contribution in [0.1, 0.15) is 75.1 Å². The van der Waals surface area contributed by atoms with Gasteiger partial charge in [-0.3, -0.25) is 9.59 Å². The van der Waals surface area contributed by atoms with Crippen LogP contribution in [-0.4, -0.2) is 91.1 Å². The molecule has 2 aliphatic heterocycles. The number of benzene rings is 2. The number of carboxylic acid groups (broad SMARTS) is 1. The Morgan fingerprint density at radius 1 is 0.750 bits per heavy atom. The van der Waals surface area contributed by atoms with Crippen LogP contribution in [0.3, 0.4) is 0 Å². The summed E-state index contributed by atoms with van der Waals surface area (Å²) >= 11 is 0. The zero-order chi connectivity index (χ0) is 38.5. The van der Waals surface area contributed by atoms with Gasteiger partial charge in [-0.2, -0.15) is 0 Å². The lowest BCUT2D eigenvalue weighted by Gasteiger charge is -2.28. The second kappa shape index (κ2) is 14.5. The van der Waals surface area contributed by atoms with E-state index >= 15 is 0 Å². The Hall–Kier alpha value is -6.12. The zero-order valence-corrected chi connectivity index (χ0v) is 31.0. The van der Waals surface area contributed by atoms with Gasteiger partial charge < -0.3 is 44.7 Å². The van der Waals surface area contributed by atoms with Crippen LogP contribution in [-0.2, 0) is 14.3 Å². The molecule has 5 heterocycles. The van der Waals surface area contributed by atoms with Crippen LogP contribution in [0.15, 0.2) is 65.3 Å². The number of hydrogen-bond donors (Lipinski definition) is 5. The molecule has 4 atom stereocenters. The average molecular weight is 761 g/mol. The number of furan rings is 1. The molecule has 5 aromatic rings. The van der Waals surface area contributed by atoms with Crippen LogP contribution < -0.4 is 10.6 Å². The molecule has 9 rings (SSSR count). The second-order valence-electron chi connectivity index (χ2n) is 15.4. The lowest BCUT2D eigenvalue weighted by molar-refractivity contribution is -0.135. The Labute approximate surface area is 322 Å². The molecule has 290 valence electrons. The van der Waals surface area contributed by atoms with E-state index in [2.05, 4.69) is 31.7 Å². The number of imidazole rings is 2. The molecule has 0 unspecified atom stereocenters. The van der Waals surface area contributed by atoms with Gasteiger partial charge in [0.05, 0.1) is 43.0 Å². The number of carbonyl (C=O) groups is 4. The fraction of sp³-hybridized carbons (Fsp3) is 0.415. The van der Waals surface area contributed by atoms with E-state index in [-0.39, 0.29) is 35.7 Å². The quantitative estimate of drug-likeness (QED) is 0.101. The molecule has 56 heavy (non-hydrogen) atoms. The van der Waals surface area contributed by atoms with Gasteiger partial charge in [-0.25, -0.2) is 19.6 Å². The van der Waals surface area contributed by atoms with Gasteiger partial charge in [-0.15, -0.1) is 0 Å². The van der Waals surface area contributed by atoms with Crippen molar-refractivity contribution in [3.8, 4) is 33.8 Å². The number of aromatic nitrogens is 4. The van der Waals surface area contributed by atoms with Crippen molar-refractivity contribution < 1.29 is 33.4 Å². The molecule has 0 radical (unpaired) electrons. The molecule has 15 heteroatoms. The summed E-state index contributed by atoms with van der Waals surface area (Å²) in [6.07, 6.45) is 8.55. The van der Waals surface area contributed by atoms with Crippen LogP contribution in [0, 0.1) is 11.8 Å². The molecular weight excluding hydrogens is 716 g/mol. The molecule has 5 N–H and O–H groups in total. The largest absolute Gasteiger partial charge is 0.465 e. The Balaban J connectivity index is 0.877. The minimum absolute atomic E-state index is 0.0575. The molecule has 4 fully saturated rings. The summed E-state index contributed by atoms with van der Waals surface area (Å²) in [7, 11) is 1.30. The van der Waals surface area contributed by atoms with E-state index in [1.807, 2.05) is 47.4 Å². The Kier molecular flexibility index (Phi) is 9.22. The SMILES string of the molecule is COC(=O)N[C@H](C(=O)N1CCC[C@H]1c1ncc(-c2ccc3oc(-c4ccc(-c5cnc([C@@H]6CCCN6C(=O)[C@@H](NC(=O)O)C6CC6)[nH]5)cc4)cc3c2)[nH]1)C1CC1. The van der Waals surface area contributed by atoms with Crippen molar-refractivity contribution in [2.45, 2.75) is 75.5 Å². The molecule has 2 saturated heterocycles. The van der Waals surface area contributed by atoms with Crippen LogP contribution in [0.25, 0.3) is 44.8 Å². The lowest BCUT2D eigenvalue weighted by Crippen LogP contribution is -2.49. The smallest absolute Gasteiger partial charge is 0.407 e. The molecule has 0 bridgehead atoms. The van der Waals surface area contributed by atoms with Crippen LogP contribution in [0.5, 0.6) is 0 Å². The number of likely N-dealkylation sites (tertiary alicyclic amines) is 2. The highest BCUT2D eigenvalue weighted by Crippen LogP contribution is 2.40. The lowest BCUT2D eigenvalue weighted by atomic mass is 10.1. The number of hydrogen-bond acceptors (Lipinski definition) is 8. The molecular formula is C41H44N8O7. The first-order valence-electron chi connectivity index (χ1n) is 19.4. The predicted molar refractivity (Wildman–Crippen MR) is 204 cm³/mol. The van der Waals surface area contributed by atoms with Crippen LogP contribution in [0.2, 0.25) is 0 Å². The standard InChI is InChI=1S/C41H44N8O7/c1-55-41(54)47-35(25-12-13-25)39(51)49-17-3-5-31(49)37-43-21-29(45-37)26-14-15-32-27(18-26)19-33(56-32)23-8-6-22(7-9-23)28-20-42-36(44-28)30-4-2-16-48(30)38(50)34(24-10-11-24)46-40(52)53/h6-9,14-15,18-21,24-25,30-31,34-35,46H,2-5,10-13,16-17H2,1H3,(H,42,44)(H,43,45)(H,47,54)(H,52,53)/t30-,31-,34-,35-/m0/s1. The molecule has 0 spiro atoms. The number of fused-ring (bicyclic) bond motifs is 1.